The van der Waals surface area contributed by atoms with Gasteiger partial charge < -0.3 is 15.0 Å². The normalized spacial score (nSPS) is 12.0. The van der Waals surface area contributed by atoms with Crippen LogP contribution >= 0.6 is 11.3 Å². The van der Waals surface area contributed by atoms with Gasteiger partial charge in [0.15, 0.2) is 5.13 Å². The van der Waals surface area contributed by atoms with Crippen molar-refractivity contribution < 1.29 is 4.74 Å². The molecule has 1 aromatic heterocycles. The summed E-state index contributed by atoms with van der Waals surface area (Å²) in [6.07, 6.45) is 0. The molecule has 1 aromatic rings. The van der Waals surface area contributed by atoms with Gasteiger partial charge in [0.1, 0.15) is 0 Å². The number of thiazole rings is 1. The van der Waals surface area contributed by atoms with Gasteiger partial charge >= 0.3 is 0 Å². The molecule has 0 aliphatic carbocycles. The van der Waals surface area contributed by atoms with Gasteiger partial charge in [-0.3, -0.25) is 0 Å². The lowest BCUT2D eigenvalue weighted by molar-refractivity contribution is 0.237. The van der Waals surface area contributed by atoms with E-state index in [4.69, 9.17) is 4.74 Å². The first-order chi connectivity index (χ1) is 8.77. The maximum atomic E-state index is 5.34. The van der Waals surface area contributed by atoms with E-state index in [0.717, 1.165) is 29.0 Å². The Bertz CT molecular complexity index is 399. The summed E-state index contributed by atoms with van der Waals surface area (Å²) in [5.74, 6) is 1.39. The molecule has 0 unspecified atom stereocenters. The minimum atomic E-state index is 0.294. The third-order valence-electron chi connectivity index (χ3n) is 3.66. The molecular weight excluding hydrogens is 258 g/mol. The molecule has 0 saturated carbocycles. The maximum absolute atomic E-state index is 5.34. The van der Waals surface area contributed by atoms with Crippen LogP contribution in [-0.2, 0) is 6.54 Å². The van der Waals surface area contributed by atoms with Crippen LogP contribution in [-0.4, -0.2) is 32.7 Å². The molecule has 1 heterocycles. The molecule has 0 amide bonds. The summed E-state index contributed by atoms with van der Waals surface area (Å²) >= 11 is 1.68. The Morgan fingerprint density at radius 1 is 1.37 bits per heavy atom. The fourth-order valence-electron chi connectivity index (χ4n) is 1.49. The van der Waals surface area contributed by atoms with Crippen LogP contribution < -0.4 is 15.0 Å². The molecule has 0 aliphatic heterocycles. The molecule has 0 saturated heterocycles. The summed E-state index contributed by atoms with van der Waals surface area (Å²) in [5, 5.41) is 4.51. The van der Waals surface area contributed by atoms with Crippen molar-refractivity contribution in [2.75, 3.05) is 32.6 Å². The highest BCUT2D eigenvalue weighted by Gasteiger charge is 2.22. The average molecular weight is 285 g/mol. The molecule has 0 atom stereocenters. The maximum Gasteiger partial charge on any atom is 0.230 e. The van der Waals surface area contributed by atoms with Gasteiger partial charge in [0.25, 0.3) is 0 Å². The molecule has 0 spiro atoms. The third-order valence-corrected chi connectivity index (χ3v) is 4.86. The van der Waals surface area contributed by atoms with Gasteiger partial charge in [-0.1, -0.05) is 39.0 Å². The van der Waals surface area contributed by atoms with Crippen molar-refractivity contribution in [2.24, 2.45) is 11.3 Å². The fraction of sp³-hybridized carbons (Fsp3) is 0.786. The van der Waals surface area contributed by atoms with Crippen molar-refractivity contribution in [2.45, 2.75) is 34.2 Å². The Kier molecular flexibility index (Phi) is 5.62. The molecule has 0 bridgehead atoms. The van der Waals surface area contributed by atoms with Crippen molar-refractivity contribution in [1.29, 1.82) is 0 Å². The summed E-state index contributed by atoms with van der Waals surface area (Å²) in [6.45, 7) is 10.9. The number of hydrogen-bond acceptors (Lipinski definition) is 5. The van der Waals surface area contributed by atoms with Gasteiger partial charge in [0.2, 0.25) is 5.88 Å². The Hall–Kier alpha value is -0.810. The Morgan fingerprint density at radius 2 is 2.00 bits per heavy atom. The molecule has 0 aromatic carbocycles. The van der Waals surface area contributed by atoms with E-state index in [-0.39, 0.29) is 0 Å². The monoisotopic (exact) mass is 285 g/mol. The van der Waals surface area contributed by atoms with Gasteiger partial charge in [0, 0.05) is 27.2 Å². The fourth-order valence-corrected chi connectivity index (χ4v) is 2.41. The lowest BCUT2D eigenvalue weighted by Gasteiger charge is -2.29. The predicted octanol–water partition coefficient (Wildman–Crippen LogP) is 2.99. The second-order valence-corrected chi connectivity index (χ2v) is 7.13. The summed E-state index contributed by atoms with van der Waals surface area (Å²) in [4.78, 5) is 7.63. The van der Waals surface area contributed by atoms with Crippen LogP contribution in [0, 0.1) is 11.3 Å². The van der Waals surface area contributed by atoms with Gasteiger partial charge in [-0.05, 0) is 11.3 Å². The zero-order chi connectivity index (χ0) is 14.6. The standard InChI is InChI=1S/C14H27N3OS/c1-10(2)14(3,4)9-15-8-11-12(18-7)16-13(19-11)17(5)6/h10,15H,8-9H2,1-7H3. The average Bonchev–Trinajstić information content (AvgIpc) is 2.72. The highest BCUT2D eigenvalue weighted by molar-refractivity contribution is 7.15. The Morgan fingerprint density at radius 3 is 2.47 bits per heavy atom. The van der Waals surface area contributed by atoms with E-state index in [1.807, 2.05) is 19.0 Å². The molecule has 0 fully saturated rings. The first-order valence-electron chi connectivity index (χ1n) is 6.69. The smallest absolute Gasteiger partial charge is 0.230 e. The van der Waals surface area contributed by atoms with Crippen LogP contribution in [0.4, 0.5) is 5.13 Å². The van der Waals surface area contributed by atoms with Crippen LogP contribution in [0.2, 0.25) is 0 Å². The second kappa shape index (κ2) is 6.57. The van der Waals surface area contributed by atoms with Crippen molar-refractivity contribution >= 4 is 16.5 Å². The Labute approximate surface area is 121 Å². The SMILES string of the molecule is COc1nc(N(C)C)sc1CNCC(C)(C)C(C)C. The molecule has 4 nitrogen and oxygen atoms in total. The van der Waals surface area contributed by atoms with Crippen molar-refractivity contribution in [3.63, 3.8) is 0 Å². The summed E-state index contributed by atoms with van der Waals surface area (Å²) in [5.41, 5.74) is 0.294. The molecule has 5 heteroatoms. The Balaban J connectivity index is 2.62. The zero-order valence-electron chi connectivity index (χ0n) is 13.2. The number of hydrogen-bond donors (Lipinski definition) is 1. The summed E-state index contributed by atoms with van der Waals surface area (Å²) < 4.78 is 5.34. The number of anilines is 1. The van der Waals surface area contributed by atoms with Gasteiger partial charge in [-0.2, -0.15) is 4.98 Å². The minimum absolute atomic E-state index is 0.294. The van der Waals surface area contributed by atoms with E-state index in [1.165, 1.54) is 0 Å². The molecule has 0 aliphatic rings. The van der Waals surface area contributed by atoms with Crippen LogP contribution in [0.15, 0.2) is 0 Å². The molecule has 19 heavy (non-hydrogen) atoms. The van der Waals surface area contributed by atoms with E-state index >= 15 is 0 Å². The predicted molar refractivity (Wildman–Crippen MR) is 83.3 cm³/mol. The van der Waals surface area contributed by atoms with Crippen molar-refractivity contribution in [3.8, 4) is 5.88 Å². The van der Waals surface area contributed by atoms with Crippen molar-refractivity contribution in [1.82, 2.24) is 10.3 Å². The van der Waals surface area contributed by atoms with E-state index in [0.29, 0.717) is 11.3 Å². The first kappa shape index (κ1) is 16.2. The minimum Gasteiger partial charge on any atom is -0.480 e. The first-order valence-corrected chi connectivity index (χ1v) is 7.51. The van der Waals surface area contributed by atoms with Crippen LogP contribution in [0.3, 0.4) is 0 Å². The molecular formula is C14H27N3OS. The van der Waals surface area contributed by atoms with Crippen LogP contribution in [0.1, 0.15) is 32.6 Å². The van der Waals surface area contributed by atoms with Crippen molar-refractivity contribution in [3.05, 3.63) is 4.88 Å². The number of nitrogens with one attached hydrogen (secondary N) is 1. The summed E-state index contributed by atoms with van der Waals surface area (Å²) in [7, 11) is 5.67. The molecule has 110 valence electrons. The quantitative estimate of drug-likeness (QED) is 0.835. The van der Waals surface area contributed by atoms with E-state index in [1.54, 1.807) is 18.4 Å². The molecule has 0 radical (unpaired) electrons. The van der Waals surface area contributed by atoms with E-state index in [9.17, 15) is 0 Å². The molecule has 1 rings (SSSR count). The van der Waals surface area contributed by atoms with E-state index in [2.05, 4.69) is 38.0 Å². The number of methoxy groups -OCH3 is 1. The number of ether oxygens (including phenoxy) is 1. The summed E-state index contributed by atoms with van der Waals surface area (Å²) in [6, 6.07) is 0. The van der Waals surface area contributed by atoms with Gasteiger partial charge in [0.05, 0.1) is 12.0 Å². The van der Waals surface area contributed by atoms with Gasteiger partial charge in [-0.25, -0.2) is 0 Å². The van der Waals surface area contributed by atoms with Crippen LogP contribution in [0.5, 0.6) is 5.88 Å². The zero-order valence-corrected chi connectivity index (χ0v) is 14.0. The number of rotatable bonds is 7. The number of aromatic nitrogens is 1. The lowest BCUT2D eigenvalue weighted by atomic mass is 9.81. The number of nitrogens with zero attached hydrogens (tertiary/aromatic N) is 2. The van der Waals surface area contributed by atoms with Crippen LogP contribution in [0.25, 0.3) is 0 Å². The topological polar surface area (TPSA) is 37.4 Å². The third kappa shape index (κ3) is 4.35. The highest BCUT2D eigenvalue weighted by Crippen LogP contribution is 2.31. The lowest BCUT2D eigenvalue weighted by Crippen LogP contribution is -2.33. The molecule has 1 N–H and O–H groups in total. The second-order valence-electron chi connectivity index (χ2n) is 6.07. The largest absolute Gasteiger partial charge is 0.480 e. The van der Waals surface area contributed by atoms with E-state index < -0.39 is 0 Å². The van der Waals surface area contributed by atoms with Gasteiger partial charge in [-0.15, -0.1) is 0 Å². The highest BCUT2D eigenvalue weighted by atomic mass is 32.1.